The van der Waals surface area contributed by atoms with Crippen LogP contribution in [-0.4, -0.2) is 34.5 Å². The molecule has 0 aliphatic heterocycles. The number of benzene rings is 3. The van der Waals surface area contributed by atoms with Crippen molar-refractivity contribution in [2.24, 2.45) is 5.92 Å². The molecule has 0 N–H and O–H groups in total. The third kappa shape index (κ3) is 5.88. The van der Waals surface area contributed by atoms with Crippen LogP contribution in [0, 0.1) is 5.92 Å². The summed E-state index contributed by atoms with van der Waals surface area (Å²) < 4.78 is 0. The summed E-state index contributed by atoms with van der Waals surface area (Å²) in [5.41, 5.74) is 6.90. The van der Waals surface area contributed by atoms with Gasteiger partial charge in [0.25, 0.3) is 0 Å². The molecule has 0 heterocycles. The molecule has 1 atom stereocenters. The fraction of sp³-hybridized carbons (Fsp3) is 0.276. The second-order valence-corrected chi connectivity index (χ2v) is 8.83. The SMILES string of the molecule is C/C(C=O)=C\[C@@H](Cc1ccccc1)C(c1ccc(N(C)C)cc1)c1ccc(N(C)C)cc1. The number of carbonyl (C=O) groups excluding carboxylic acids is 1. The van der Waals surface area contributed by atoms with E-state index in [0.717, 1.165) is 18.3 Å². The first-order valence-electron chi connectivity index (χ1n) is 11.1. The van der Waals surface area contributed by atoms with Crippen LogP contribution in [0.25, 0.3) is 0 Å². The Morgan fingerprint density at radius 3 is 1.62 bits per heavy atom. The van der Waals surface area contributed by atoms with Gasteiger partial charge in [0, 0.05) is 45.5 Å². The third-order valence-electron chi connectivity index (χ3n) is 5.94. The standard InChI is InChI=1S/C29H34N2O/c1-22(21-32)19-26(20-23-9-7-6-8-10-23)29(24-11-15-27(16-12-24)30(2)3)25-13-17-28(18-14-25)31(4)5/h6-19,21,26,29H,20H2,1-5H3/b22-19+/t26-/m0/s1. The van der Waals surface area contributed by atoms with Crippen molar-refractivity contribution in [1.82, 2.24) is 0 Å². The zero-order chi connectivity index (χ0) is 23.1. The fourth-order valence-corrected chi connectivity index (χ4v) is 4.18. The summed E-state index contributed by atoms with van der Waals surface area (Å²) in [5.74, 6) is 0.288. The van der Waals surface area contributed by atoms with E-state index in [1.807, 2.05) is 13.0 Å². The fourth-order valence-electron chi connectivity index (χ4n) is 4.18. The summed E-state index contributed by atoms with van der Waals surface area (Å²) in [4.78, 5) is 15.8. The highest BCUT2D eigenvalue weighted by molar-refractivity contribution is 5.72. The summed E-state index contributed by atoms with van der Waals surface area (Å²) in [6, 6.07) is 28.1. The van der Waals surface area contributed by atoms with Crippen molar-refractivity contribution in [2.75, 3.05) is 38.0 Å². The van der Waals surface area contributed by atoms with E-state index in [4.69, 9.17) is 0 Å². The van der Waals surface area contributed by atoms with Gasteiger partial charge in [0.2, 0.25) is 0 Å². The van der Waals surface area contributed by atoms with Gasteiger partial charge < -0.3 is 9.80 Å². The number of aldehydes is 1. The van der Waals surface area contributed by atoms with Gasteiger partial charge in [-0.1, -0.05) is 60.7 Å². The molecule has 3 aromatic rings. The van der Waals surface area contributed by atoms with Gasteiger partial charge in [0.1, 0.15) is 6.29 Å². The summed E-state index contributed by atoms with van der Waals surface area (Å²) in [7, 11) is 8.23. The molecule has 3 nitrogen and oxygen atoms in total. The molecular formula is C29H34N2O. The third-order valence-corrected chi connectivity index (χ3v) is 5.94. The highest BCUT2D eigenvalue weighted by Gasteiger charge is 2.24. The van der Waals surface area contributed by atoms with Crippen molar-refractivity contribution in [1.29, 1.82) is 0 Å². The molecule has 3 heteroatoms. The van der Waals surface area contributed by atoms with Crippen molar-refractivity contribution < 1.29 is 4.79 Å². The zero-order valence-corrected chi connectivity index (χ0v) is 19.8. The maximum Gasteiger partial charge on any atom is 0.145 e. The summed E-state index contributed by atoms with van der Waals surface area (Å²) in [6.07, 6.45) is 3.96. The highest BCUT2D eigenvalue weighted by Crippen LogP contribution is 2.37. The summed E-state index contributed by atoms with van der Waals surface area (Å²) >= 11 is 0. The number of anilines is 2. The lowest BCUT2D eigenvalue weighted by molar-refractivity contribution is -0.104. The lowest BCUT2D eigenvalue weighted by Gasteiger charge is -2.28. The van der Waals surface area contributed by atoms with Crippen molar-refractivity contribution in [3.05, 3.63) is 107 Å². The number of rotatable bonds is 9. The van der Waals surface area contributed by atoms with Crippen LogP contribution in [0.3, 0.4) is 0 Å². The largest absolute Gasteiger partial charge is 0.378 e. The van der Waals surface area contributed by atoms with Crippen LogP contribution in [-0.2, 0) is 11.2 Å². The molecule has 0 saturated carbocycles. The Balaban J connectivity index is 2.11. The number of carbonyl (C=O) groups is 1. The highest BCUT2D eigenvalue weighted by atomic mass is 16.1. The van der Waals surface area contributed by atoms with E-state index in [-0.39, 0.29) is 11.8 Å². The maximum atomic E-state index is 11.5. The Hall–Kier alpha value is -3.33. The smallest absolute Gasteiger partial charge is 0.145 e. The molecule has 0 amide bonds. The second kappa shape index (κ2) is 10.8. The van der Waals surface area contributed by atoms with Crippen molar-refractivity contribution in [3.8, 4) is 0 Å². The van der Waals surface area contributed by atoms with Crippen LogP contribution in [0.15, 0.2) is 90.5 Å². The van der Waals surface area contributed by atoms with Gasteiger partial charge in [-0.25, -0.2) is 0 Å². The minimum Gasteiger partial charge on any atom is -0.378 e. The normalized spacial score (nSPS) is 12.5. The summed E-state index contributed by atoms with van der Waals surface area (Å²) in [5, 5.41) is 0. The minimum absolute atomic E-state index is 0.137. The zero-order valence-electron chi connectivity index (χ0n) is 19.8. The number of hydrogen-bond donors (Lipinski definition) is 0. The minimum atomic E-state index is 0.137. The predicted molar refractivity (Wildman–Crippen MR) is 137 cm³/mol. The molecule has 0 bridgehead atoms. The first-order chi connectivity index (χ1) is 15.4. The Morgan fingerprint density at radius 2 is 1.22 bits per heavy atom. The predicted octanol–water partition coefficient (Wildman–Crippen LogP) is 5.95. The number of nitrogens with zero attached hydrogens (tertiary/aromatic N) is 2. The lowest BCUT2D eigenvalue weighted by Crippen LogP contribution is -2.17. The van der Waals surface area contributed by atoms with Crippen LogP contribution in [0.1, 0.15) is 29.5 Å². The quantitative estimate of drug-likeness (QED) is 0.312. The lowest BCUT2D eigenvalue weighted by atomic mass is 9.77. The number of hydrogen-bond acceptors (Lipinski definition) is 3. The average Bonchev–Trinajstić information content (AvgIpc) is 2.80. The maximum absolute atomic E-state index is 11.5. The van der Waals surface area contributed by atoms with Crippen LogP contribution in [0.5, 0.6) is 0 Å². The van der Waals surface area contributed by atoms with E-state index in [1.165, 1.54) is 28.1 Å². The van der Waals surface area contributed by atoms with E-state index >= 15 is 0 Å². The molecule has 0 spiro atoms. The second-order valence-electron chi connectivity index (χ2n) is 8.83. The molecule has 0 radical (unpaired) electrons. The Morgan fingerprint density at radius 1 is 0.750 bits per heavy atom. The van der Waals surface area contributed by atoms with Gasteiger partial charge in [0.15, 0.2) is 0 Å². The van der Waals surface area contributed by atoms with Crippen molar-refractivity contribution >= 4 is 17.7 Å². The van der Waals surface area contributed by atoms with E-state index in [1.54, 1.807) is 0 Å². The molecule has 0 aliphatic carbocycles. The molecule has 0 aromatic heterocycles. The molecule has 0 fully saturated rings. The topological polar surface area (TPSA) is 23.6 Å². The molecule has 32 heavy (non-hydrogen) atoms. The molecule has 0 saturated heterocycles. The van der Waals surface area contributed by atoms with Crippen molar-refractivity contribution in [3.63, 3.8) is 0 Å². The van der Waals surface area contributed by atoms with Crippen LogP contribution >= 0.6 is 0 Å². The molecule has 3 rings (SSSR count). The van der Waals surface area contributed by atoms with Gasteiger partial charge in [-0.3, -0.25) is 4.79 Å². The van der Waals surface area contributed by atoms with Gasteiger partial charge in [-0.05, 0) is 65.8 Å². The van der Waals surface area contributed by atoms with Gasteiger partial charge in [0.05, 0.1) is 0 Å². The van der Waals surface area contributed by atoms with E-state index < -0.39 is 0 Å². The number of allylic oxidation sites excluding steroid dienone is 2. The van der Waals surface area contributed by atoms with Crippen LogP contribution in [0.4, 0.5) is 11.4 Å². The molecule has 3 aromatic carbocycles. The molecule has 0 unspecified atom stereocenters. The summed E-state index contributed by atoms with van der Waals surface area (Å²) in [6.45, 7) is 1.90. The monoisotopic (exact) mass is 426 g/mol. The van der Waals surface area contributed by atoms with Crippen molar-refractivity contribution in [2.45, 2.75) is 19.3 Å². The molecule has 166 valence electrons. The van der Waals surface area contributed by atoms with Crippen LogP contribution < -0.4 is 9.80 Å². The van der Waals surface area contributed by atoms with E-state index in [0.29, 0.717) is 0 Å². The van der Waals surface area contributed by atoms with Gasteiger partial charge in [-0.15, -0.1) is 0 Å². The van der Waals surface area contributed by atoms with Gasteiger partial charge >= 0.3 is 0 Å². The first kappa shape index (κ1) is 23.3. The Kier molecular flexibility index (Phi) is 7.88. The Bertz CT molecular complexity index is 968. The van der Waals surface area contributed by atoms with E-state index in [9.17, 15) is 4.79 Å². The average molecular weight is 427 g/mol. The Labute approximate surface area is 193 Å². The van der Waals surface area contributed by atoms with Gasteiger partial charge in [-0.2, -0.15) is 0 Å². The van der Waals surface area contributed by atoms with E-state index in [2.05, 4.69) is 117 Å². The molecule has 0 aliphatic rings. The first-order valence-corrected chi connectivity index (χ1v) is 11.1. The van der Waals surface area contributed by atoms with Crippen LogP contribution in [0.2, 0.25) is 0 Å². The molecular weight excluding hydrogens is 392 g/mol.